The zero-order valence-corrected chi connectivity index (χ0v) is 19.1. The molecule has 1 saturated heterocycles. The van der Waals surface area contributed by atoms with Gasteiger partial charge in [-0.1, -0.05) is 26.0 Å². The summed E-state index contributed by atoms with van der Waals surface area (Å²) in [6, 6.07) is 9.51. The zero-order valence-electron chi connectivity index (χ0n) is 19.1. The molecule has 1 aliphatic rings. The SMILES string of the molecule is COc1cc(C(C)C(=O)CCc2ccc(C(F)(F)F)nc2N2CCC(C)CC2)ccc1C#N. The quantitative estimate of drug-likeness (QED) is 0.545. The summed E-state index contributed by atoms with van der Waals surface area (Å²) in [5, 5.41) is 9.14. The van der Waals surface area contributed by atoms with Crippen LogP contribution in [0.1, 0.15) is 61.4 Å². The summed E-state index contributed by atoms with van der Waals surface area (Å²) >= 11 is 0. The summed E-state index contributed by atoms with van der Waals surface area (Å²) in [5.41, 5.74) is 0.851. The number of rotatable bonds is 7. The maximum atomic E-state index is 13.3. The number of nitriles is 1. The Morgan fingerprint density at radius 1 is 1.27 bits per heavy atom. The van der Waals surface area contributed by atoms with Gasteiger partial charge in [-0.3, -0.25) is 4.79 Å². The number of aromatic nitrogens is 1. The maximum absolute atomic E-state index is 13.3. The molecule has 1 aliphatic heterocycles. The number of halogens is 3. The van der Waals surface area contributed by atoms with Crippen molar-refractivity contribution in [1.82, 2.24) is 4.98 Å². The maximum Gasteiger partial charge on any atom is 0.433 e. The van der Waals surface area contributed by atoms with E-state index in [-0.39, 0.29) is 12.2 Å². The Kier molecular flexibility index (Phi) is 7.62. The van der Waals surface area contributed by atoms with E-state index in [0.717, 1.165) is 24.5 Å². The molecule has 0 saturated carbocycles. The van der Waals surface area contributed by atoms with Crippen molar-refractivity contribution >= 4 is 11.6 Å². The second-order valence-corrected chi connectivity index (χ2v) is 8.61. The van der Waals surface area contributed by atoms with Crippen LogP contribution >= 0.6 is 0 Å². The number of carbonyl (C=O) groups is 1. The molecule has 1 aromatic heterocycles. The summed E-state index contributed by atoms with van der Waals surface area (Å²) < 4.78 is 45.1. The Balaban J connectivity index is 1.78. The predicted molar refractivity (Wildman–Crippen MR) is 119 cm³/mol. The summed E-state index contributed by atoms with van der Waals surface area (Å²) in [5.74, 6) is 0.788. The number of ketones is 1. The van der Waals surface area contributed by atoms with Gasteiger partial charge in [-0.15, -0.1) is 0 Å². The number of pyridine rings is 1. The molecule has 0 radical (unpaired) electrons. The van der Waals surface area contributed by atoms with E-state index in [1.165, 1.54) is 13.2 Å². The molecular formula is C25H28F3N3O2. The number of hydrogen-bond donors (Lipinski definition) is 0. The highest BCUT2D eigenvalue weighted by Gasteiger charge is 2.34. The number of methoxy groups -OCH3 is 1. The number of nitrogens with zero attached hydrogens (tertiary/aromatic N) is 3. The molecule has 0 N–H and O–H groups in total. The fourth-order valence-electron chi connectivity index (χ4n) is 4.05. The minimum absolute atomic E-state index is 0.0418. The predicted octanol–water partition coefficient (Wildman–Crippen LogP) is 5.52. The van der Waals surface area contributed by atoms with Crippen molar-refractivity contribution < 1.29 is 22.7 Å². The van der Waals surface area contributed by atoms with Gasteiger partial charge < -0.3 is 9.64 Å². The Labute approximate surface area is 192 Å². The van der Waals surface area contributed by atoms with Crippen molar-refractivity contribution in [2.45, 2.75) is 51.6 Å². The lowest BCUT2D eigenvalue weighted by atomic mass is 9.92. The van der Waals surface area contributed by atoms with E-state index < -0.39 is 17.8 Å². The largest absolute Gasteiger partial charge is 0.495 e. The van der Waals surface area contributed by atoms with Gasteiger partial charge in [0.25, 0.3) is 0 Å². The van der Waals surface area contributed by atoms with Crippen LogP contribution in [0, 0.1) is 17.2 Å². The van der Waals surface area contributed by atoms with Crippen molar-refractivity contribution in [2.75, 3.05) is 25.1 Å². The van der Waals surface area contributed by atoms with Gasteiger partial charge in [0.2, 0.25) is 0 Å². The minimum atomic E-state index is -4.52. The normalized spacial score (nSPS) is 15.7. The van der Waals surface area contributed by atoms with Crippen LogP contribution in [0.2, 0.25) is 0 Å². The first kappa shape index (κ1) is 24.6. The molecule has 0 bridgehead atoms. The minimum Gasteiger partial charge on any atom is -0.495 e. The van der Waals surface area contributed by atoms with Gasteiger partial charge in [0.05, 0.1) is 12.7 Å². The summed E-state index contributed by atoms with van der Waals surface area (Å²) in [6.07, 6.45) is -2.24. The Morgan fingerprint density at radius 3 is 2.58 bits per heavy atom. The molecule has 3 rings (SSSR count). The number of ether oxygens (including phenoxy) is 1. The smallest absolute Gasteiger partial charge is 0.433 e. The monoisotopic (exact) mass is 459 g/mol. The van der Waals surface area contributed by atoms with Crippen LogP contribution in [0.5, 0.6) is 5.75 Å². The van der Waals surface area contributed by atoms with Crippen molar-refractivity contribution in [3.8, 4) is 11.8 Å². The third kappa shape index (κ3) is 5.84. The molecular weight excluding hydrogens is 431 g/mol. The molecule has 33 heavy (non-hydrogen) atoms. The number of carbonyl (C=O) groups excluding carboxylic acids is 1. The van der Waals surface area contributed by atoms with Crippen LogP contribution in [0.15, 0.2) is 30.3 Å². The van der Waals surface area contributed by atoms with Crippen molar-refractivity contribution in [3.05, 3.63) is 52.7 Å². The van der Waals surface area contributed by atoms with Crippen molar-refractivity contribution in [1.29, 1.82) is 5.26 Å². The molecule has 1 fully saturated rings. The van der Waals surface area contributed by atoms with Crippen molar-refractivity contribution in [2.24, 2.45) is 5.92 Å². The highest BCUT2D eigenvalue weighted by Crippen LogP contribution is 2.33. The average molecular weight is 460 g/mol. The average Bonchev–Trinajstić information content (AvgIpc) is 2.81. The zero-order chi connectivity index (χ0) is 24.2. The molecule has 8 heteroatoms. The Morgan fingerprint density at radius 2 is 1.97 bits per heavy atom. The lowest BCUT2D eigenvalue weighted by Crippen LogP contribution is -2.34. The van der Waals surface area contributed by atoms with E-state index in [1.807, 2.05) is 11.0 Å². The second-order valence-electron chi connectivity index (χ2n) is 8.61. The first-order valence-corrected chi connectivity index (χ1v) is 11.1. The fraction of sp³-hybridized carbons (Fsp3) is 0.480. The number of alkyl halides is 3. The van der Waals surface area contributed by atoms with E-state index in [1.54, 1.807) is 25.1 Å². The molecule has 0 amide bonds. The topological polar surface area (TPSA) is 66.2 Å². The number of benzene rings is 1. The highest BCUT2D eigenvalue weighted by atomic mass is 19.4. The number of Topliss-reactive ketones (excluding diaryl/α,β-unsaturated/α-hetero) is 1. The molecule has 1 atom stereocenters. The van der Waals surface area contributed by atoms with Crippen molar-refractivity contribution in [3.63, 3.8) is 0 Å². The number of anilines is 1. The second kappa shape index (κ2) is 10.2. The molecule has 1 unspecified atom stereocenters. The number of piperidine rings is 1. The standard InChI is InChI=1S/C25H28F3N3O2/c1-16-10-12-31(13-11-16)24-18(7-9-23(30-24)25(26,27)28)6-8-21(32)17(2)19-4-5-20(15-29)22(14-19)33-3/h4-5,7,9,14,16-17H,6,8,10-13H2,1-3H3. The molecule has 176 valence electrons. The van der Waals surface area contributed by atoms with Gasteiger partial charge in [-0.25, -0.2) is 4.98 Å². The lowest BCUT2D eigenvalue weighted by Gasteiger charge is -2.33. The fourth-order valence-corrected chi connectivity index (χ4v) is 4.05. The summed E-state index contributed by atoms with van der Waals surface area (Å²) in [6.45, 7) is 5.22. The summed E-state index contributed by atoms with van der Waals surface area (Å²) in [7, 11) is 1.47. The van der Waals surface area contributed by atoms with Gasteiger partial charge in [0.15, 0.2) is 0 Å². The molecule has 2 heterocycles. The van der Waals surface area contributed by atoms with Crippen LogP contribution in [-0.2, 0) is 17.4 Å². The van der Waals surface area contributed by atoms with E-state index in [0.29, 0.717) is 48.1 Å². The molecule has 2 aromatic rings. The number of hydrogen-bond acceptors (Lipinski definition) is 5. The van der Waals surface area contributed by atoms with E-state index in [9.17, 15) is 18.0 Å². The Hall–Kier alpha value is -3.08. The molecule has 5 nitrogen and oxygen atoms in total. The summed E-state index contributed by atoms with van der Waals surface area (Å²) in [4.78, 5) is 18.8. The van der Waals surface area contributed by atoms with Crippen LogP contribution in [-0.4, -0.2) is 31.0 Å². The van der Waals surface area contributed by atoms with Gasteiger partial charge in [0.1, 0.15) is 29.1 Å². The van der Waals surface area contributed by atoms with Gasteiger partial charge in [0, 0.05) is 25.4 Å². The van der Waals surface area contributed by atoms with Crippen LogP contribution in [0.25, 0.3) is 0 Å². The Bertz CT molecular complexity index is 1040. The highest BCUT2D eigenvalue weighted by molar-refractivity contribution is 5.85. The molecule has 0 aliphatic carbocycles. The third-order valence-electron chi connectivity index (χ3n) is 6.30. The van der Waals surface area contributed by atoms with Crippen LogP contribution in [0.3, 0.4) is 0 Å². The van der Waals surface area contributed by atoms with E-state index in [4.69, 9.17) is 10.00 Å². The van der Waals surface area contributed by atoms with Crippen LogP contribution < -0.4 is 9.64 Å². The lowest BCUT2D eigenvalue weighted by molar-refractivity contribution is -0.141. The van der Waals surface area contributed by atoms with Gasteiger partial charge in [-0.2, -0.15) is 18.4 Å². The van der Waals surface area contributed by atoms with Crippen LogP contribution in [0.4, 0.5) is 19.0 Å². The van der Waals surface area contributed by atoms with Gasteiger partial charge >= 0.3 is 6.18 Å². The van der Waals surface area contributed by atoms with Gasteiger partial charge in [-0.05, 0) is 54.5 Å². The van der Waals surface area contributed by atoms with E-state index >= 15 is 0 Å². The first-order chi connectivity index (χ1) is 15.6. The molecule has 0 spiro atoms. The molecule has 1 aromatic carbocycles. The first-order valence-electron chi connectivity index (χ1n) is 11.1. The number of aryl methyl sites for hydroxylation is 1. The third-order valence-corrected chi connectivity index (χ3v) is 6.30. The van der Waals surface area contributed by atoms with E-state index in [2.05, 4.69) is 11.9 Å².